The molecule has 2 rings (SSSR count). The largest absolute Gasteiger partial charge is 0.312 e. The summed E-state index contributed by atoms with van der Waals surface area (Å²) in [6, 6.07) is 5.24. The van der Waals surface area contributed by atoms with E-state index in [1.165, 1.54) is 13.1 Å². The molecule has 0 radical (unpaired) electrons. The predicted octanol–water partition coefficient (Wildman–Crippen LogP) is 0.633. The molecule has 0 atom stereocenters. The summed E-state index contributed by atoms with van der Waals surface area (Å²) in [5.41, 5.74) is 2.73. The molecule has 1 amide bonds. The second kappa shape index (κ2) is 6.51. The molecular weight excluding hydrogens is 284 g/mol. The molecule has 0 aliphatic carbocycles. The maximum absolute atomic E-state index is 11.3. The van der Waals surface area contributed by atoms with Crippen LogP contribution in [-0.2, 0) is 4.79 Å². The van der Waals surface area contributed by atoms with Crippen molar-refractivity contribution in [2.45, 2.75) is 6.92 Å². The monoisotopic (exact) mass is 298 g/mol. The summed E-state index contributed by atoms with van der Waals surface area (Å²) in [4.78, 5) is 17.2. The Labute approximate surface area is 126 Å². The fourth-order valence-corrected chi connectivity index (χ4v) is 1.92. The van der Waals surface area contributed by atoms with Gasteiger partial charge in [0, 0.05) is 18.7 Å². The molecule has 1 aromatic heterocycles. The first-order valence-electron chi connectivity index (χ1n) is 6.36. The van der Waals surface area contributed by atoms with Gasteiger partial charge in [0.25, 0.3) is 0 Å². The maximum Gasteiger partial charge on any atom is 0.222 e. The van der Waals surface area contributed by atoms with Gasteiger partial charge >= 0.3 is 0 Å². The normalized spacial score (nSPS) is 13.6. The highest BCUT2D eigenvalue weighted by Gasteiger charge is 2.21. The van der Waals surface area contributed by atoms with Crippen LogP contribution in [0, 0.1) is 16.7 Å². The number of aromatic nitrogens is 1. The van der Waals surface area contributed by atoms with Gasteiger partial charge in [-0.15, -0.1) is 0 Å². The van der Waals surface area contributed by atoms with E-state index in [0.717, 1.165) is 0 Å². The molecule has 0 spiro atoms. The molecule has 1 aromatic rings. The number of amidine groups is 1. The average molecular weight is 298 g/mol. The van der Waals surface area contributed by atoms with Crippen LogP contribution in [0.25, 0.3) is 0 Å². The van der Waals surface area contributed by atoms with Crippen LogP contribution in [0.5, 0.6) is 0 Å². The van der Waals surface area contributed by atoms with Gasteiger partial charge in [0.1, 0.15) is 23.5 Å². The number of pyridine rings is 1. The zero-order chi connectivity index (χ0) is 16.1. The fraction of sp³-hybridized carbons (Fsp3) is 0.143. The number of allylic oxidation sites excluding steroid dienone is 2. The smallest absolute Gasteiger partial charge is 0.222 e. The third-order valence-electron chi connectivity index (χ3n) is 2.95. The Hall–Kier alpha value is -3.18. The Morgan fingerprint density at radius 2 is 2.27 bits per heavy atom. The van der Waals surface area contributed by atoms with Crippen molar-refractivity contribution in [1.82, 2.24) is 15.8 Å². The van der Waals surface area contributed by atoms with Crippen molar-refractivity contribution < 1.29 is 10.0 Å². The molecule has 2 heterocycles. The average Bonchev–Trinajstić information content (AvgIpc) is 2.54. The molecule has 4 N–H and O–H groups in total. The molecule has 112 valence electrons. The lowest BCUT2D eigenvalue weighted by atomic mass is 10.1. The quantitative estimate of drug-likeness (QED) is 0.368. The first kappa shape index (κ1) is 15.2. The zero-order valence-corrected chi connectivity index (χ0v) is 11.8. The first-order valence-corrected chi connectivity index (χ1v) is 6.36. The summed E-state index contributed by atoms with van der Waals surface area (Å²) in [6.45, 7) is 1.62. The lowest BCUT2D eigenvalue weighted by Gasteiger charge is -2.30. The maximum atomic E-state index is 11.3. The highest BCUT2D eigenvalue weighted by Crippen LogP contribution is 2.21. The number of anilines is 1. The van der Waals surface area contributed by atoms with Gasteiger partial charge in [0.05, 0.1) is 12.1 Å². The molecule has 0 aromatic carbocycles. The van der Waals surface area contributed by atoms with Crippen molar-refractivity contribution >= 4 is 17.6 Å². The number of nitriles is 1. The molecular formula is C14H14N6O2. The lowest BCUT2D eigenvalue weighted by Crippen LogP contribution is -2.40. The Bertz CT molecular complexity index is 699. The molecule has 0 saturated carbocycles. The number of nitrogens with one attached hydrogen (secondary N) is 3. The van der Waals surface area contributed by atoms with Crippen LogP contribution in [0.3, 0.4) is 0 Å². The summed E-state index contributed by atoms with van der Waals surface area (Å²) in [5.74, 6) is 0.628. The Morgan fingerprint density at radius 1 is 1.50 bits per heavy atom. The standard InChI is InChI=1S/C14H14N6O2/c1-9(21)18-13-5-3-11(14(16)19-22)8-20(13)12-4-2-10(6-15)7-17-12/h2-5,7,22H,8H2,1H3,(H2,16,19)(H,18,21). The van der Waals surface area contributed by atoms with E-state index in [0.29, 0.717) is 22.8 Å². The van der Waals surface area contributed by atoms with E-state index in [1.807, 2.05) is 6.07 Å². The van der Waals surface area contributed by atoms with Crippen molar-refractivity contribution in [3.8, 4) is 6.07 Å². The van der Waals surface area contributed by atoms with Gasteiger partial charge in [-0.1, -0.05) is 0 Å². The molecule has 8 heteroatoms. The summed E-state index contributed by atoms with van der Waals surface area (Å²) >= 11 is 0. The van der Waals surface area contributed by atoms with E-state index in [-0.39, 0.29) is 18.3 Å². The number of rotatable bonds is 3. The van der Waals surface area contributed by atoms with E-state index in [4.69, 9.17) is 15.9 Å². The van der Waals surface area contributed by atoms with Gasteiger partial charge in [-0.3, -0.25) is 20.9 Å². The van der Waals surface area contributed by atoms with Crippen LogP contribution >= 0.6 is 0 Å². The second-order valence-electron chi connectivity index (χ2n) is 4.51. The second-order valence-corrected chi connectivity index (χ2v) is 4.51. The summed E-state index contributed by atoms with van der Waals surface area (Å²) in [7, 11) is 0. The highest BCUT2D eigenvalue weighted by atomic mass is 16.5. The highest BCUT2D eigenvalue weighted by molar-refractivity contribution is 5.96. The van der Waals surface area contributed by atoms with Gasteiger partial charge in [-0.05, 0) is 24.3 Å². The number of nitrogens with zero attached hydrogens (tertiary/aromatic N) is 3. The predicted molar refractivity (Wildman–Crippen MR) is 78.9 cm³/mol. The van der Waals surface area contributed by atoms with Crippen LogP contribution in [0.4, 0.5) is 5.82 Å². The summed E-state index contributed by atoms with van der Waals surface area (Å²) in [5, 5.41) is 28.0. The number of carbonyl (C=O) groups excluding carboxylic acids is 1. The number of hydroxylamine groups is 1. The Kier molecular flexibility index (Phi) is 4.50. The first-order chi connectivity index (χ1) is 10.5. The number of carbonyl (C=O) groups is 1. The van der Waals surface area contributed by atoms with E-state index in [1.54, 1.807) is 34.7 Å². The minimum absolute atomic E-state index is 0.142. The van der Waals surface area contributed by atoms with Gasteiger partial charge < -0.3 is 10.2 Å². The van der Waals surface area contributed by atoms with Gasteiger partial charge in [0.2, 0.25) is 5.91 Å². The van der Waals surface area contributed by atoms with Crippen LogP contribution in [-0.4, -0.2) is 28.5 Å². The van der Waals surface area contributed by atoms with Crippen molar-refractivity contribution in [3.63, 3.8) is 0 Å². The molecule has 1 aliphatic heterocycles. The zero-order valence-electron chi connectivity index (χ0n) is 11.8. The Morgan fingerprint density at radius 3 is 2.82 bits per heavy atom. The fourth-order valence-electron chi connectivity index (χ4n) is 1.92. The topological polar surface area (TPSA) is 125 Å². The number of amides is 1. The molecule has 0 fully saturated rings. The van der Waals surface area contributed by atoms with Crippen molar-refractivity contribution in [2.75, 3.05) is 11.4 Å². The van der Waals surface area contributed by atoms with Crippen molar-refractivity contribution in [3.05, 3.63) is 47.4 Å². The summed E-state index contributed by atoms with van der Waals surface area (Å²) < 4.78 is 0. The molecule has 0 bridgehead atoms. The minimum Gasteiger partial charge on any atom is -0.312 e. The molecule has 1 aliphatic rings. The van der Waals surface area contributed by atoms with Gasteiger partial charge in [-0.2, -0.15) is 5.26 Å². The van der Waals surface area contributed by atoms with Gasteiger partial charge in [-0.25, -0.2) is 4.98 Å². The number of hydrogen-bond donors (Lipinski definition) is 4. The lowest BCUT2D eigenvalue weighted by molar-refractivity contribution is -0.118. The van der Waals surface area contributed by atoms with Crippen molar-refractivity contribution in [1.29, 1.82) is 10.7 Å². The van der Waals surface area contributed by atoms with Crippen LogP contribution in [0.15, 0.2) is 41.9 Å². The molecule has 8 nitrogen and oxygen atoms in total. The third-order valence-corrected chi connectivity index (χ3v) is 2.95. The van der Waals surface area contributed by atoms with Gasteiger partial charge in [0.15, 0.2) is 0 Å². The van der Waals surface area contributed by atoms with E-state index in [2.05, 4.69) is 10.3 Å². The van der Waals surface area contributed by atoms with Crippen LogP contribution in [0.1, 0.15) is 12.5 Å². The Balaban J connectivity index is 2.35. The van der Waals surface area contributed by atoms with Crippen LogP contribution < -0.4 is 15.7 Å². The molecule has 0 unspecified atom stereocenters. The van der Waals surface area contributed by atoms with E-state index in [9.17, 15) is 4.79 Å². The summed E-state index contributed by atoms with van der Waals surface area (Å²) in [6.07, 6.45) is 4.66. The minimum atomic E-state index is -0.239. The van der Waals surface area contributed by atoms with E-state index < -0.39 is 0 Å². The molecule has 0 saturated heterocycles. The number of hydrogen-bond acceptors (Lipinski definition) is 6. The SMILES string of the molecule is CC(=O)NC1=CC=C(C(=N)NO)CN1c1ccc(C#N)cn1. The third kappa shape index (κ3) is 3.28. The molecule has 22 heavy (non-hydrogen) atoms. The van der Waals surface area contributed by atoms with Crippen molar-refractivity contribution in [2.24, 2.45) is 0 Å². The van der Waals surface area contributed by atoms with Crippen LogP contribution in [0.2, 0.25) is 0 Å². The van der Waals surface area contributed by atoms with E-state index >= 15 is 0 Å².